The zero-order valence-electron chi connectivity index (χ0n) is 11.4. The molecule has 0 radical (unpaired) electrons. The maximum atomic E-state index is 13.1. The summed E-state index contributed by atoms with van der Waals surface area (Å²) < 4.78 is 18.6. The highest BCUT2D eigenvalue weighted by atomic mass is 32.1. The molecule has 0 heterocycles. The highest BCUT2D eigenvalue weighted by molar-refractivity contribution is 7.80. The van der Waals surface area contributed by atoms with Gasteiger partial charge in [0.25, 0.3) is 5.91 Å². The second-order valence-electron chi connectivity index (χ2n) is 4.44. The molecule has 0 fully saturated rings. The molecule has 2 aromatic rings. The number of nitrogens with one attached hydrogen (secondary N) is 1. The van der Waals surface area contributed by atoms with Gasteiger partial charge in [-0.15, -0.1) is 12.6 Å². The molecule has 1 amide bonds. The molecule has 0 aromatic heterocycles. The lowest BCUT2D eigenvalue weighted by Gasteiger charge is -2.08. The van der Waals surface area contributed by atoms with Gasteiger partial charge >= 0.3 is 0 Å². The van der Waals surface area contributed by atoms with Crippen LogP contribution in [0, 0.1) is 5.82 Å². The minimum Gasteiger partial charge on any atom is -0.494 e. The van der Waals surface area contributed by atoms with E-state index in [4.69, 9.17) is 4.74 Å². The van der Waals surface area contributed by atoms with E-state index in [0.29, 0.717) is 25.1 Å². The van der Waals surface area contributed by atoms with E-state index in [0.717, 1.165) is 5.75 Å². The standard InChI is InChI=1S/C16H16FNO2S/c17-14-8-7-12(11-15(14)21)16(19)18-9-4-10-20-13-5-2-1-3-6-13/h1-3,5-8,11,21H,4,9-10H2,(H,18,19). The molecule has 1 N–H and O–H groups in total. The number of rotatable bonds is 6. The van der Waals surface area contributed by atoms with E-state index in [2.05, 4.69) is 17.9 Å². The second kappa shape index (κ2) is 7.69. The Morgan fingerprint density at radius 1 is 1.19 bits per heavy atom. The molecule has 0 atom stereocenters. The number of para-hydroxylation sites is 1. The average molecular weight is 305 g/mol. The SMILES string of the molecule is O=C(NCCCOc1ccccc1)c1ccc(F)c(S)c1. The van der Waals surface area contributed by atoms with Crippen molar-refractivity contribution in [1.82, 2.24) is 5.32 Å². The summed E-state index contributed by atoms with van der Waals surface area (Å²) in [6.07, 6.45) is 0.690. The van der Waals surface area contributed by atoms with Gasteiger partial charge in [-0.3, -0.25) is 4.79 Å². The molecule has 110 valence electrons. The zero-order valence-corrected chi connectivity index (χ0v) is 12.3. The third-order valence-corrected chi connectivity index (χ3v) is 3.17. The summed E-state index contributed by atoms with van der Waals surface area (Å²) in [5.41, 5.74) is 0.394. The molecule has 0 aliphatic rings. The Bertz CT molecular complexity index is 604. The van der Waals surface area contributed by atoms with Gasteiger partial charge in [0.2, 0.25) is 0 Å². The molecular formula is C16H16FNO2S. The molecule has 21 heavy (non-hydrogen) atoms. The van der Waals surface area contributed by atoms with Gasteiger partial charge in [-0.1, -0.05) is 18.2 Å². The van der Waals surface area contributed by atoms with Crippen LogP contribution >= 0.6 is 12.6 Å². The number of hydrogen-bond acceptors (Lipinski definition) is 3. The summed E-state index contributed by atoms with van der Waals surface area (Å²) in [5.74, 6) is 0.123. The van der Waals surface area contributed by atoms with Gasteiger partial charge in [0.15, 0.2) is 0 Å². The van der Waals surface area contributed by atoms with E-state index in [1.807, 2.05) is 30.3 Å². The summed E-state index contributed by atoms with van der Waals surface area (Å²) >= 11 is 3.95. The van der Waals surface area contributed by atoms with Crippen LogP contribution in [0.25, 0.3) is 0 Å². The first kappa shape index (κ1) is 15.4. The van der Waals surface area contributed by atoms with Crippen LogP contribution < -0.4 is 10.1 Å². The van der Waals surface area contributed by atoms with Gasteiger partial charge in [0.1, 0.15) is 11.6 Å². The molecule has 0 saturated carbocycles. The van der Waals surface area contributed by atoms with Crippen LogP contribution in [0.4, 0.5) is 4.39 Å². The minimum atomic E-state index is -0.439. The van der Waals surface area contributed by atoms with Crippen molar-refractivity contribution in [2.75, 3.05) is 13.2 Å². The zero-order chi connectivity index (χ0) is 15.1. The molecule has 0 aliphatic heterocycles. The summed E-state index contributed by atoms with van der Waals surface area (Å²) in [6, 6.07) is 13.6. The third-order valence-electron chi connectivity index (χ3n) is 2.83. The van der Waals surface area contributed by atoms with Gasteiger partial charge in [-0.25, -0.2) is 4.39 Å². The molecule has 2 rings (SSSR count). The van der Waals surface area contributed by atoms with Gasteiger partial charge in [0, 0.05) is 17.0 Å². The Balaban J connectivity index is 1.71. The Kier molecular flexibility index (Phi) is 5.63. The van der Waals surface area contributed by atoms with Gasteiger partial charge < -0.3 is 10.1 Å². The molecule has 0 saturated heterocycles. The first-order chi connectivity index (χ1) is 10.2. The molecule has 5 heteroatoms. The van der Waals surface area contributed by atoms with Crippen molar-refractivity contribution in [2.45, 2.75) is 11.3 Å². The highest BCUT2D eigenvalue weighted by Crippen LogP contribution is 2.14. The number of carbonyl (C=O) groups is 1. The van der Waals surface area contributed by atoms with Crippen LogP contribution in [0.15, 0.2) is 53.4 Å². The van der Waals surface area contributed by atoms with Crippen LogP contribution in [0.1, 0.15) is 16.8 Å². The van der Waals surface area contributed by atoms with Crippen LogP contribution in [0.3, 0.4) is 0 Å². The highest BCUT2D eigenvalue weighted by Gasteiger charge is 2.07. The van der Waals surface area contributed by atoms with E-state index < -0.39 is 5.82 Å². The van der Waals surface area contributed by atoms with Crippen LogP contribution in [-0.4, -0.2) is 19.1 Å². The maximum Gasteiger partial charge on any atom is 0.251 e. The summed E-state index contributed by atoms with van der Waals surface area (Å²) in [5, 5.41) is 2.76. The number of halogens is 1. The molecule has 2 aromatic carbocycles. The van der Waals surface area contributed by atoms with Crippen molar-refractivity contribution >= 4 is 18.5 Å². The molecule has 0 aliphatic carbocycles. The summed E-state index contributed by atoms with van der Waals surface area (Å²) in [7, 11) is 0. The molecule has 3 nitrogen and oxygen atoms in total. The number of amides is 1. The number of ether oxygens (including phenoxy) is 1. The van der Waals surface area contributed by atoms with Gasteiger partial charge in [-0.05, 0) is 36.8 Å². The van der Waals surface area contributed by atoms with E-state index in [9.17, 15) is 9.18 Å². The quantitative estimate of drug-likeness (QED) is 0.635. The lowest BCUT2D eigenvalue weighted by Crippen LogP contribution is -2.25. The lowest BCUT2D eigenvalue weighted by atomic mass is 10.2. The monoisotopic (exact) mass is 305 g/mol. The fraction of sp³-hybridized carbons (Fsp3) is 0.188. The topological polar surface area (TPSA) is 38.3 Å². The summed E-state index contributed by atoms with van der Waals surface area (Å²) in [6.45, 7) is 1.01. The predicted octanol–water partition coefficient (Wildman–Crippen LogP) is 3.31. The maximum absolute atomic E-state index is 13.1. The van der Waals surface area contributed by atoms with E-state index >= 15 is 0 Å². The van der Waals surface area contributed by atoms with E-state index in [-0.39, 0.29) is 10.8 Å². The molecule has 0 spiro atoms. The van der Waals surface area contributed by atoms with Gasteiger partial charge in [0.05, 0.1) is 6.61 Å². The minimum absolute atomic E-state index is 0.162. The largest absolute Gasteiger partial charge is 0.494 e. The molecule has 0 bridgehead atoms. The van der Waals surface area contributed by atoms with Crippen molar-refractivity contribution in [3.8, 4) is 5.75 Å². The Hall–Kier alpha value is -2.01. The van der Waals surface area contributed by atoms with Crippen LogP contribution in [0.5, 0.6) is 5.75 Å². The Morgan fingerprint density at radius 2 is 1.95 bits per heavy atom. The van der Waals surface area contributed by atoms with Crippen molar-refractivity contribution < 1.29 is 13.9 Å². The smallest absolute Gasteiger partial charge is 0.251 e. The van der Waals surface area contributed by atoms with E-state index in [1.165, 1.54) is 18.2 Å². The predicted molar refractivity (Wildman–Crippen MR) is 82.5 cm³/mol. The van der Waals surface area contributed by atoms with Crippen molar-refractivity contribution in [3.05, 3.63) is 59.9 Å². The molecule has 0 unspecified atom stereocenters. The van der Waals surface area contributed by atoms with Crippen molar-refractivity contribution in [1.29, 1.82) is 0 Å². The van der Waals surface area contributed by atoms with E-state index in [1.54, 1.807) is 0 Å². The molecular weight excluding hydrogens is 289 g/mol. The number of hydrogen-bond donors (Lipinski definition) is 2. The van der Waals surface area contributed by atoms with Crippen molar-refractivity contribution in [3.63, 3.8) is 0 Å². The van der Waals surface area contributed by atoms with Gasteiger partial charge in [-0.2, -0.15) is 0 Å². The number of carbonyl (C=O) groups excluding carboxylic acids is 1. The van der Waals surface area contributed by atoms with Crippen LogP contribution in [-0.2, 0) is 0 Å². The Labute approximate surface area is 128 Å². The van der Waals surface area contributed by atoms with Crippen molar-refractivity contribution in [2.24, 2.45) is 0 Å². The normalized spacial score (nSPS) is 10.2. The number of benzene rings is 2. The second-order valence-corrected chi connectivity index (χ2v) is 4.92. The fourth-order valence-corrected chi connectivity index (χ4v) is 1.95. The number of thiol groups is 1. The third kappa shape index (κ3) is 4.79. The average Bonchev–Trinajstić information content (AvgIpc) is 2.50. The fourth-order valence-electron chi connectivity index (χ4n) is 1.74. The summed E-state index contributed by atoms with van der Waals surface area (Å²) in [4.78, 5) is 12.0. The first-order valence-corrected chi connectivity index (χ1v) is 7.06. The van der Waals surface area contributed by atoms with Crippen LogP contribution in [0.2, 0.25) is 0 Å². The first-order valence-electron chi connectivity index (χ1n) is 6.61. The Morgan fingerprint density at radius 3 is 2.67 bits per heavy atom. The lowest BCUT2D eigenvalue weighted by molar-refractivity contribution is 0.0951.